The Morgan fingerprint density at radius 2 is 1.43 bits per heavy atom. The van der Waals surface area contributed by atoms with Crippen LogP contribution in [-0.2, 0) is 4.74 Å². The average Bonchev–Trinajstić information content (AvgIpc) is 2.84. The molecule has 118 valence electrons. The summed E-state index contributed by atoms with van der Waals surface area (Å²) in [5, 5.41) is 1.40. The van der Waals surface area contributed by atoms with Crippen LogP contribution in [0.25, 0.3) is 21.9 Å². The number of benzene rings is 3. The van der Waals surface area contributed by atoms with Crippen LogP contribution in [0, 0.1) is 0 Å². The molecule has 0 saturated heterocycles. The Balaban J connectivity index is 2.32. The molecular weight excluding hydrogens is 359 g/mol. The molecule has 0 N–H and O–H groups in total. The van der Waals surface area contributed by atoms with Crippen molar-refractivity contribution in [1.82, 2.24) is 0 Å². The van der Waals surface area contributed by atoms with Crippen molar-refractivity contribution in [2.75, 3.05) is 7.11 Å². The van der Waals surface area contributed by atoms with Crippen LogP contribution in [0.5, 0.6) is 5.75 Å². The fourth-order valence-corrected chi connectivity index (χ4v) is 3.70. The second-order valence-corrected chi connectivity index (χ2v) is 6.87. The Hall–Kier alpha value is -1.87. The molecule has 10 heteroatoms. The van der Waals surface area contributed by atoms with Gasteiger partial charge in [-0.2, -0.15) is 0 Å². The van der Waals surface area contributed by atoms with E-state index >= 15 is 0 Å². The summed E-state index contributed by atoms with van der Waals surface area (Å²) in [6.45, 7) is 0. The molecule has 0 aromatic heterocycles. The van der Waals surface area contributed by atoms with Gasteiger partial charge in [0.15, 0.2) is 0 Å². The van der Waals surface area contributed by atoms with Gasteiger partial charge in [0.1, 0.15) is 0 Å². The molecule has 0 fully saturated rings. The van der Waals surface area contributed by atoms with Crippen molar-refractivity contribution in [2.24, 2.45) is 0 Å². The van der Waals surface area contributed by atoms with Gasteiger partial charge in [-0.3, -0.25) is 0 Å². The molecule has 0 atom stereocenters. The minimum absolute atomic E-state index is 0.146. The number of hydrogen-bond donors (Lipinski definition) is 0. The predicted octanol–water partition coefficient (Wildman–Crippen LogP) is -2.94. The summed E-state index contributed by atoms with van der Waals surface area (Å²) in [5.41, 5.74) is 3.55. The zero-order valence-electron chi connectivity index (χ0n) is 15.0. The molecule has 0 saturated carbocycles. The van der Waals surface area contributed by atoms with Gasteiger partial charge in [0.25, 0.3) is 0 Å². The number of rotatable bonds is 1. The molecule has 3 aromatic rings. The van der Waals surface area contributed by atoms with E-state index in [-0.39, 0.29) is 32.8 Å². The summed E-state index contributed by atoms with van der Waals surface area (Å²) in [5.74, 6) is 0.302. The van der Waals surface area contributed by atoms with E-state index in [1.807, 2.05) is 6.07 Å². The van der Waals surface area contributed by atoms with Gasteiger partial charge in [-0.25, -0.2) is 0 Å². The quantitative estimate of drug-likeness (QED) is 0.430. The molecule has 1 aliphatic heterocycles. The van der Waals surface area contributed by atoms with E-state index in [9.17, 15) is 0 Å². The van der Waals surface area contributed by atoms with E-state index in [4.69, 9.17) is 68.1 Å². The third-order valence-corrected chi connectivity index (χ3v) is 5.20. The van der Waals surface area contributed by atoms with Gasteiger partial charge < -0.3 is 0 Å². The average molecular weight is 365 g/mol. The molecule has 0 bridgehead atoms. The van der Waals surface area contributed by atoms with E-state index in [1.54, 1.807) is 12.1 Å². The number of fused-ring (bicyclic) bond motifs is 5. The summed E-state index contributed by atoms with van der Waals surface area (Å²) in [6.07, 6.45) is 0. The summed E-state index contributed by atoms with van der Waals surface area (Å²) >= 11 is 6.28. The minimum atomic E-state index is 0.146. The van der Waals surface area contributed by atoms with Crippen molar-refractivity contribution in [1.29, 1.82) is 0 Å². The fourth-order valence-electron chi connectivity index (χ4n) is 3.53. The van der Waals surface area contributed by atoms with E-state index in [1.165, 1.54) is 14.2 Å². The van der Waals surface area contributed by atoms with Crippen LogP contribution in [-0.4, -0.2) is 67.0 Å². The van der Waals surface area contributed by atoms with E-state index < -0.39 is 0 Å². The normalized spacial score (nSPS) is 12.3. The first-order valence-corrected chi connectivity index (χ1v) is 8.63. The Kier molecular flexibility index (Phi) is 4.78. The first-order chi connectivity index (χ1) is 13.3. The monoisotopic (exact) mass is 366 g/mol. The third-order valence-electron chi connectivity index (χ3n) is 4.96. The van der Waals surface area contributed by atoms with Gasteiger partial charge in [0, 0.05) is 0 Å². The summed E-state index contributed by atoms with van der Waals surface area (Å²) in [6, 6.07) is 5.31. The van der Waals surface area contributed by atoms with Gasteiger partial charge in [0.05, 0.1) is 0 Å². The molecule has 4 rings (SSSR count). The van der Waals surface area contributed by atoms with E-state index in [0.29, 0.717) is 38.3 Å². The molecule has 0 amide bonds. The predicted molar refractivity (Wildman–Crippen MR) is 124 cm³/mol. The maximum absolute atomic E-state index is 6.35. The number of hydrogen-bond acceptors (Lipinski definition) is 2. The molecule has 1 aliphatic rings. The summed E-state index contributed by atoms with van der Waals surface area (Å²) in [4.78, 5) is 0. The van der Waals surface area contributed by atoms with Crippen molar-refractivity contribution < 1.29 is 9.39 Å². The Bertz CT molecular complexity index is 1210. The van der Waals surface area contributed by atoms with E-state index in [0.717, 1.165) is 5.56 Å². The zero-order valence-corrected chi connectivity index (χ0v) is 15.7. The van der Waals surface area contributed by atoms with Crippen LogP contribution >= 0.6 is 11.6 Å². The molecule has 28 heavy (non-hydrogen) atoms. The van der Waals surface area contributed by atoms with Gasteiger partial charge in [-0.15, -0.1) is 0 Å². The van der Waals surface area contributed by atoms with Gasteiger partial charge in [0.2, 0.25) is 0 Å². The Morgan fingerprint density at radius 3 is 2.07 bits per heavy atom. The van der Waals surface area contributed by atoms with Gasteiger partial charge in [-0.05, 0) is 0 Å². The van der Waals surface area contributed by atoms with Crippen molar-refractivity contribution in [3.05, 3.63) is 28.8 Å². The number of ether oxygens (including phenoxy) is 1. The van der Waals surface area contributed by atoms with Crippen LogP contribution in [0.2, 0.25) is 5.02 Å². The molecule has 0 aliphatic carbocycles. The van der Waals surface area contributed by atoms with Crippen LogP contribution in [0.15, 0.2) is 18.2 Å². The molecule has 2 nitrogen and oxygen atoms in total. The molecule has 3 aromatic carbocycles. The summed E-state index contributed by atoms with van der Waals surface area (Å²) in [7, 11) is 40.3. The number of methoxy groups -OCH3 is 1. The van der Waals surface area contributed by atoms with Crippen molar-refractivity contribution in [2.45, 2.75) is 0 Å². The Morgan fingerprint density at radius 1 is 0.821 bits per heavy atom. The molecule has 0 unspecified atom stereocenters. The van der Waals surface area contributed by atoms with Crippen LogP contribution < -0.4 is 37.4 Å². The van der Waals surface area contributed by atoms with Crippen LogP contribution in [0.3, 0.4) is 0 Å². The SMILES string of the molecule is [B]c1c([B])c([B])c2c3c(c([B])c([B])c2c1[B])OB=C(OC)c1ccc(Cl)cc1-3. The summed E-state index contributed by atoms with van der Waals surface area (Å²) < 4.78 is 11.3. The van der Waals surface area contributed by atoms with Gasteiger partial charge in [-0.1, -0.05) is 0 Å². The number of halogens is 1. The van der Waals surface area contributed by atoms with Crippen molar-refractivity contribution in [3.63, 3.8) is 0 Å². The molecule has 12 radical (unpaired) electrons. The molecule has 1 heterocycles. The Labute approximate surface area is 177 Å². The van der Waals surface area contributed by atoms with Crippen molar-refractivity contribution in [3.8, 4) is 16.9 Å². The zero-order chi connectivity index (χ0) is 20.3. The van der Waals surface area contributed by atoms with E-state index in [2.05, 4.69) is 0 Å². The molecule has 0 spiro atoms. The topological polar surface area (TPSA) is 18.5 Å². The maximum atomic E-state index is 6.35. The standard InChI is InChI=1S/C18H6B7ClO2/c1-27-18-6-3-2-5(26)4-7(6)8-9-10(12(20)15(23)14(22)11(9)19)13(21)16(24)17(8)28-25-18/h2-4H,1H3. The molecular formula is C18H6B7ClO2. The first kappa shape index (κ1) is 19.5. The fraction of sp³-hybridized carbons (Fsp3) is 0.0556. The third kappa shape index (κ3) is 2.63. The van der Waals surface area contributed by atoms with Crippen LogP contribution in [0.1, 0.15) is 5.56 Å². The second kappa shape index (κ2) is 6.88. The van der Waals surface area contributed by atoms with Crippen molar-refractivity contribution >= 4 is 115 Å². The van der Waals surface area contributed by atoms with Gasteiger partial charge >= 0.3 is 177 Å². The second-order valence-electron chi connectivity index (χ2n) is 6.43. The van der Waals surface area contributed by atoms with Crippen LogP contribution in [0.4, 0.5) is 0 Å². The first-order valence-electron chi connectivity index (χ1n) is 8.25.